The average Bonchev–Trinajstić information content (AvgIpc) is 1.97. The third-order valence-electron chi connectivity index (χ3n) is 1.45. The highest BCUT2D eigenvalue weighted by atomic mass is 19.4. The van der Waals surface area contributed by atoms with E-state index in [4.69, 9.17) is 5.73 Å². The maximum atomic E-state index is 11.6. The number of hydrogen-bond acceptors (Lipinski definition) is 2. The Bertz CT molecular complexity index is 170. The van der Waals surface area contributed by atoms with Crippen LogP contribution in [0.4, 0.5) is 13.2 Å². The van der Waals surface area contributed by atoms with Crippen molar-refractivity contribution in [3.8, 4) is 0 Å². The maximum absolute atomic E-state index is 11.6. The zero-order valence-corrected chi connectivity index (χ0v) is 7.32. The summed E-state index contributed by atoms with van der Waals surface area (Å²) in [6.07, 6.45) is -5.27. The summed E-state index contributed by atoms with van der Waals surface area (Å²) in [6, 6.07) is -0.280. The Hall–Kier alpha value is -0.780. The number of rotatable bonds is 4. The summed E-state index contributed by atoms with van der Waals surface area (Å²) >= 11 is 0. The van der Waals surface area contributed by atoms with Crippen LogP contribution in [0.5, 0.6) is 0 Å². The zero-order chi connectivity index (χ0) is 10.5. The second kappa shape index (κ2) is 5.06. The molecule has 78 valence electrons. The van der Waals surface area contributed by atoms with Crippen molar-refractivity contribution in [2.24, 2.45) is 5.73 Å². The normalized spacial score (nSPS) is 13.9. The summed E-state index contributed by atoms with van der Waals surface area (Å²) in [7, 11) is 0. The molecule has 0 aromatic heterocycles. The first-order chi connectivity index (χ1) is 5.85. The van der Waals surface area contributed by atoms with Gasteiger partial charge in [-0.25, -0.2) is 0 Å². The minimum Gasteiger partial charge on any atom is -0.354 e. The largest absolute Gasteiger partial charge is 0.397 e. The smallest absolute Gasteiger partial charge is 0.354 e. The van der Waals surface area contributed by atoms with Gasteiger partial charge in [-0.1, -0.05) is 6.92 Å². The van der Waals surface area contributed by atoms with Gasteiger partial charge in [-0.05, 0) is 6.42 Å². The Morgan fingerprint density at radius 3 is 2.46 bits per heavy atom. The van der Waals surface area contributed by atoms with Crippen LogP contribution >= 0.6 is 0 Å². The van der Waals surface area contributed by atoms with Crippen LogP contribution in [-0.2, 0) is 4.79 Å². The van der Waals surface area contributed by atoms with Crippen LogP contribution in [0.25, 0.3) is 0 Å². The number of carbonyl (C=O) groups is 1. The highest BCUT2D eigenvalue weighted by Gasteiger charge is 2.30. The SMILES string of the molecule is CCC(N)CNC(=O)CC(F)(F)F. The number of nitrogens with one attached hydrogen (secondary N) is 1. The molecule has 6 heteroatoms. The van der Waals surface area contributed by atoms with E-state index >= 15 is 0 Å². The van der Waals surface area contributed by atoms with E-state index in [0.717, 1.165) is 0 Å². The standard InChI is InChI=1S/C7H13F3N2O/c1-2-5(11)4-12-6(13)3-7(8,9)10/h5H,2-4,11H2,1H3,(H,12,13). The maximum Gasteiger partial charge on any atom is 0.397 e. The van der Waals surface area contributed by atoms with Gasteiger partial charge in [0.25, 0.3) is 0 Å². The van der Waals surface area contributed by atoms with Crippen molar-refractivity contribution in [3.05, 3.63) is 0 Å². The van der Waals surface area contributed by atoms with E-state index in [-0.39, 0.29) is 12.6 Å². The van der Waals surface area contributed by atoms with Crippen molar-refractivity contribution in [1.29, 1.82) is 0 Å². The molecule has 0 spiro atoms. The summed E-state index contributed by atoms with van der Waals surface area (Å²) < 4.78 is 34.9. The van der Waals surface area contributed by atoms with E-state index in [1.807, 2.05) is 0 Å². The topological polar surface area (TPSA) is 55.1 Å². The van der Waals surface area contributed by atoms with E-state index in [1.54, 1.807) is 6.92 Å². The summed E-state index contributed by atoms with van der Waals surface area (Å²) in [5, 5.41) is 2.11. The van der Waals surface area contributed by atoms with Crippen LogP contribution in [0.2, 0.25) is 0 Å². The Morgan fingerprint density at radius 2 is 2.08 bits per heavy atom. The highest BCUT2D eigenvalue weighted by Crippen LogP contribution is 2.18. The van der Waals surface area contributed by atoms with E-state index in [1.165, 1.54) is 0 Å². The van der Waals surface area contributed by atoms with Crippen LogP contribution in [0, 0.1) is 0 Å². The number of hydrogen-bond donors (Lipinski definition) is 2. The van der Waals surface area contributed by atoms with Gasteiger partial charge >= 0.3 is 6.18 Å². The molecular formula is C7H13F3N2O. The van der Waals surface area contributed by atoms with Gasteiger partial charge < -0.3 is 11.1 Å². The van der Waals surface area contributed by atoms with Gasteiger partial charge in [0.1, 0.15) is 6.42 Å². The lowest BCUT2D eigenvalue weighted by Crippen LogP contribution is -2.38. The molecule has 3 N–H and O–H groups in total. The predicted octanol–water partition coefficient (Wildman–Crippen LogP) is 0.792. The quantitative estimate of drug-likeness (QED) is 0.701. The van der Waals surface area contributed by atoms with Crippen LogP contribution in [0.1, 0.15) is 19.8 Å². The molecule has 0 aliphatic carbocycles. The van der Waals surface area contributed by atoms with Gasteiger partial charge in [0.15, 0.2) is 0 Å². The molecule has 0 bridgehead atoms. The highest BCUT2D eigenvalue weighted by molar-refractivity contribution is 5.76. The van der Waals surface area contributed by atoms with Crippen LogP contribution in [0.15, 0.2) is 0 Å². The fourth-order valence-electron chi connectivity index (χ4n) is 0.634. The first-order valence-corrected chi connectivity index (χ1v) is 3.94. The molecule has 0 heterocycles. The average molecular weight is 198 g/mol. The zero-order valence-electron chi connectivity index (χ0n) is 7.32. The summed E-state index contributed by atoms with van der Waals surface area (Å²) in [5.41, 5.74) is 5.39. The summed E-state index contributed by atoms with van der Waals surface area (Å²) in [5.74, 6) is -1.03. The Kier molecular flexibility index (Phi) is 4.76. The van der Waals surface area contributed by atoms with Crippen LogP contribution in [0.3, 0.4) is 0 Å². The number of halogens is 3. The number of alkyl halides is 3. The fraction of sp³-hybridized carbons (Fsp3) is 0.857. The fourth-order valence-corrected chi connectivity index (χ4v) is 0.634. The first-order valence-electron chi connectivity index (χ1n) is 3.94. The van der Waals surface area contributed by atoms with Crippen molar-refractivity contribution in [1.82, 2.24) is 5.32 Å². The minimum absolute atomic E-state index is 0.0887. The molecule has 1 amide bonds. The monoisotopic (exact) mass is 198 g/mol. The minimum atomic E-state index is -4.44. The van der Waals surface area contributed by atoms with E-state index in [0.29, 0.717) is 6.42 Å². The Labute approximate surface area is 74.5 Å². The molecule has 0 radical (unpaired) electrons. The molecule has 0 fully saturated rings. The van der Waals surface area contributed by atoms with Crippen molar-refractivity contribution < 1.29 is 18.0 Å². The van der Waals surface area contributed by atoms with Gasteiger partial charge in [-0.15, -0.1) is 0 Å². The molecule has 3 nitrogen and oxygen atoms in total. The van der Waals surface area contributed by atoms with Gasteiger partial charge in [0.05, 0.1) is 0 Å². The van der Waals surface area contributed by atoms with E-state index in [9.17, 15) is 18.0 Å². The molecule has 13 heavy (non-hydrogen) atoms. The number of nitrogens with two attached hydrogens (primary N) is 1. The lowest BCUT2D eigenvalue weighted by Gasteiger charge is -2.11. The first kappa shape index (κ1) is 12.2. The van der Waals surface area contributed by atoms with E-state index < -0.39 is 18.5 Å². The number of carbonyl (C=O) groups excluding carboxylic acids is 1. The van der Waals surface area contributed by atoms with Crippen molar-refractivity contribution in [3.63, 3.8) is 0 Å². The Balaban J connectivity index is 3.64. The molecule has 0 rings (SSSR count). The molecule has 0 aromatic carbocycles. The predicted molar refractivity (Wildman–Crippen MR) is 41.9 cm³/mol. The number of amides is 1. The molecule has 1 atom stereocenters. The molecule has 0 saturated heterocycles. The molecule has 0 aliphatic rings. The molecule has 0 aromatic rings. The van der Waals surface area contributed by atoms with E-state index in [2.05, 4.69) is 5.32 Å². The molecule has 0 aliphatic heterocycles. The van der Waals surface area contributed by atoms with Crippen LogP contribution in [-0.4, -0.2) is 24.7 Å². The van der Waals surface area contributed by atoms with Crippen molar-refractivity contribution >= 4 is 5.91 Å². The molecular weight excluding hydrogens is 185 g/mol. The van der Waals surface area contributed by atoms with Gasteiger partial charge in [0, 0.05) is 12.6 Å². The van der Waals surface area contributed by atoms with Gasteiger partial charge in [-0.3, -0.25) is 4.79 Å². The summed E-state index contributed by atoms with van der Waals surface area (Å²) in [6.45, 7) is 1.88. The van der Waals surface area contributed by atoms with Crippen molar-refractivity contribution in [2.45, 2.75) is 32.0 Å². The van der Waals surface area contributed by atoms with Gasteiger partial charge in [-0.2, -0.15) is 13.2 Å². The Morgan fingerprint density at radius 1 is 1.54 bits per heavy atom. The third-order valence-corrected chi connectivity index (χ3v) is 1.45. The second-order valence-corrected chi connectivity index (χ2v) is 2.76. The van der Waals surface area contributed by atoms with Crippen LogP contribution < -0.4 is 11.1 Å². The lowest BCUT2D eigenvalue weighted by atomic mass is 10.2. The second-order valence-electron chi connectivity index (χ2n) is 2.76. The van der Waals surface area contributed by atoms with Gasteiger partial charge in [0.2, 0.25) is 5.91 Å². The third kappa shape index (κ3) is 7.58. The summed E-state index contributed by atoms with van der Waals surface area (Å²) in [4.78, 5) is 10.6. The molecule has 1 unspecified atom stereocenters. The van der Waals surface area contributed by atoms with Crippen molar-refractivity contribution in [2.75, 3.05) is 6.54 Å². The lowest BCUT2D eigenvalue weighted by molar-refractivity contribution is -0.153. The molecule has 0 saturated carbocycles.